The Morgan fingerprint density at radius 3 is 2.25 bits per heavy atom. The fourth-order valence-electron chi connectivity index (χ4n) is 1.02. The van der Waals surface area contributed by atoms with Crippen molar-refractivity contribution in [3.8, 4) is 0 Å². The quantitative estimate of drug-likeness (QED) is 0.766. The maximum atomic E-state index is 11.1. The van der Waals surface area contributed by atoms with Gasteiger partial charge in [0.25, 0.3) is 0 Å². The van der Waals surface area contributed by atoms with Crippen LogP contribution in [0.1, 0.15) is 11.4 Å². The van der Waals surface area contributed by atoms with Crippen molar-refractivity contribution in [1.29, 1.82) is 0 Å². The predicted molar refractivity (Wildman–Crippen MR) is 58.4 cm³/mol. The lowest BCUT2D eigenvalue weighted by atomic mass is 10.4. The topological polar surface area (TPSA) is 101 Å². The summed E-state index contributed by atoms with van der Waals surface area (Å²) in [5, 5.41) is 2.14. The molecule has 0 spiro atoms. The number of amides is 2. The van der Waals surface area contributed by atoms with Crippen molar-refractivity contribution in [1.82, 2.24) is 14.7 Å². The van der Waals surface area contributed by atoms with Crippen molar-refractivity contribution < 1.29 is 13.2 Å². The summed E-state index contributed by atoms with van der Waals surface area (Å²) in [7, 11) is 0.707. The summed E-state index contributed by atoms with van der Waals surface area (Å²) < 4.78 is 22.6. The molecule has 1 heterocycles. The van der Waals surface area contributed by atoms with E-state index in [4.69, 9.17) is 10.7 Å². The van der Waals surface area contributed by atoms with Gasteiger partial charge in [-0.05, 0) is 19.9 Å². The Balaban J connectivity index is 2.77. The monoisotopic (exact) mass is 264 g/mol. The van der Waals surface area contributed by atoms with Crippen LogP contribution in [0.2, 0.25) is 0 Å². The Morgan fingerprint density at radius 2 is 1.81 bits per heavy atom. The molecule has 0 saturated carbocycles. The number of aryl methyl sites for hydroxylation is 2. The molecule has 1 aromatic rings. The molecule has 0 saturated heterocycles. The zero-order valence-corrected chi connectivity index (χ0v) is 10.1. The Kier molecular flexibility index (Phi) is 3.66. The second kappa shape index (κ2) is 4.62. The van der Waals surface area contributed by atoms with Crippen LogP contribution < -0.4 is 10.0 Å². The molecule has 0 bridgehead atoms. The summed E-state index contributed by atoms with van der Waals surface area (Å²) in [6, 6.07) is 0.696. The third-order valence-electron chi connectivity index (χ3n) is 1.42. The van der Waals surface area contributed by atoms with Gasteiger partial charge in [-0.15, -0.1) is 0 Å². The molecule has 2 amide bonds. The van der Waals surface area contributed by atoms with E-state index in [-0.39, 0.29) is 5.95 Å². The second-order valence-corrected chi connectivity index (χ2v) is 5.27. The van der Waals surface area contributed by atoms with Crippen molar-refractivity contribution in [2.45, 2.75) is 13.8 Å². The lowest BCUT2D eigenvalue weighted by molar-refractivity contribution is 0.256. The highest BCUT2D eigenvalue weighted by Gasteiger charge is 2.11. The zero-order chi connectivity index (χ0) is 12.3. The van der Waals surface area contributed by atoms with Gasteiger partial charge in [-0.2, -0.15) is 8.42 Å². The molecular weight excluding hydrogens is 256 g/mol. The van der Waals surface area contributed by atoms with Gasteiger partial charge in [0.2, 0.25) is 5.95 Å². The molecule has 7 nitrogen and oxygen atoms in total. The summed E-state index contributed by atoms with van der Waals surface area (Å²) in [5.74, 6) is 0.00955. The molecule has 1 aromatic heterocycles. The normalized spacial score (nSPS) is 10.9. The van der Waals surface area contributed by atoms with E-state index in [1.165, 1.54) is 4.72 Å². The lowest BCUT2D eigenvalue weighted by Crippen LogP contribution is -2.31. The fourth-order valence-corrected chi connectivity index (χ4v) is 1.50. The van der Waals surface area contributed by atoms with E-state index in [1.54, 1.807) is 19.9 Å². The van der Waals surface area contributed by atoms with Gasteiger partial charge in [-0.25, -0.2) is 19.5 Å². The predicted octanol–water partition coefficient (Wildman–Crippen LogP) is 0.699. The van der Waals surface area contributed by atoms with Gasteiger partial charge in [-0.1, -0.05) is 0 Å². The lowest BCUT2D eigenvalue weighted by Gasteiger charge is -2.04. The number of urea groups is 1. The van der Waals surface area contributed by atoms with Crippen molar-refractivity contribution in [2.24, 2.45) is 0 Å². The highest BCUT2D eigenvalue weighted by molar-refractivity contribution is 8.12. The van der Waals surface area contributed by atoms with Crippen LogP contribution in [0.15, 0.2) is 6.07 Å². The van der Waals surface area contributed by atoms with Crippen molar-refractivity contribution in [3.63, 3.8) is 0 Å². The van der Waals surface area contributed by atoms with Gasteiger partial charge < -0.3 is 0 Å². The number of halogens is 1. The summed E-state index contributed by atoms with van der Waals surface area (Å²) in [5.41, 5.74) is 1.30. The minimum absolute atomic E-state index is 0.00955. The summed E-state index contributed by atoms with van der Waals surface area (Å²) >= 11 is 0. The number of hydrogen-bond donors (Lipinski definition) is 2. The SMILES string of the molecule is Cc1cc(C)nc(NC(=O)NS(=O)(=O)Cl)n1. The second-order valence-electron chi connectivity index (χ2n) is 2.97. The average molecular weight is 265 g/mol. The van der Waals surface area contributed by atoms with Gasteiger partial charge >= 0.3 is 15.3 Å². The minimum atomic E-state index is -4.11. The van der Waals surface area contributed by atoms with E-state index in [1.807, 2.05) is 0 Å². The third-order valence-corrected chi connectivity index (χ3v) is 2.08. The number of aromatic nitrogens is 2. The molecule has 0 aliphatic carbocycles. The first-order chi connectivity index (χ1) is 7.26. The number of carbonyl (C=O) groups is 1. The Morgan fingerprint density at radius 1 is 1.31 bits per heavy atom. The first-order valence-electron chi connectivity index (χ1n) is 4.12. The first kappa shape index (κ1) is 12.7. The first-order valence-corrected chi connectivity index (χ1v) is 6.43. The van der Waals surface area contributed by atoms with E-state index < -0.39 is 15.3 Å². The summed E-state index contributed by atoms with van der Waals surface area (Å²) in [6.07, 6.45) is 0. The third kappa shape index (κ3) is 4.41. The van der Waals surface area contributed by atoms with Crippen LogP contribution in [0.4, 0.5) is 10.7 Å². The maximum absolute atomic E-state index is 11.1. The maximum Gasteiger partial charge on any atom is 0.336 e. The van der Waals surface area contributed by atoms with Crippen LogP contribution in [0.25, 0.3) is 0 Å². The van der Waals surface area contributed by atoms with Gasteiger partial charge in [0.15, 0.2) is 0 Å². The zero-order valence-electron chi connectivity index (χ0n) is 8.48. The molecular formula is C7H9ClN4O3S. The molecule has 2 N–H and O–H groups in total. The molecule has 0 atom stereocenters. The van der Waals surface area contributed by atoms with Gasteiger partial charge in [0, 0.05) is 22.1 Å². The van der Waals surface area contributed by atoms with Crippen LogP contribution in [0.5, 0.6) is 0 Å². The summed E-state index contributed by atoms with van der Waals surface area (Å²) in [6.45, 7) is 3.44. The van der Waals surface area contributed by atoms with E-state index in [0.717, 1.165) is 0 Å². The largest absolute Gasteiger partial charge is 0.336 e. The Labute approximate surface area is 96.8 Å². The van der Waals surface area contributed by atoms with Crippen molar-refractivity contribution >= 4 is 31.9 Å². The van der Waals surface area contributed by atoms with Crippen LogP contribution in [0.3, 0.4) is 0 Å². The number of nitrogens with zero attached hydrogens (tertiary/aromatic N) is 2. The van der Waals surface area contributed by atoms with Crippen molar-refractivity contribution in [2.75, 3.05) is 5.32 Å². The minimum Gasteiger partial charge on any atom is -0.275 e. The molecule has 0 radical (unpaired) electrons. The molecule has 0 aromatic carbocycles. The molecule has 16 heavy (non-hydrogen) atoms. The molecule has 0 aliphatic rings. The highest BCUT2D eigenvalue weighted by atomic mass is 35.7. The van der Waals surface area contributed by atoms with E-state index in [9.17, 15) is 13.2 Å². The van der Waals surface area contributed by atoms with Gasteiger partial charge in [0.1, 0.15) is 0 Å². The van der Waals surface area contributed by atoms with Crippen LogP contribution >= 0.6 is 10.7 Å². The molecule has 1 rings (SSSR count). The Hall–Kier alpha value is -1.41. The number of nitrogens with one attached hydrogen (secondary N) is 2. The number of hydrogen-bond acceptors (Lipinski definition) is 5. The molecule has 88 valence electrons. The number of rotatable bonds is 2. The molecule has 9 heteroatoms. The van der Waals surface area contributed by atoms with E-state index in [0.29, 0.717) is 11.4 Å². The molecule has 0 unspecified atom stereocenters. The van der Waals surface area contributed by atoms with Crippen LogP contribution in [0, 0.1) is 13.8 Å². The summed E-state index contributed by atoms with van der Waals surface area (Å²) in [4.78, 5) is 18.9. The standard InChI is InChI=1S/C7H9ClN4O3S/c1-4-3-5(2)10-6(9-4)11-7(13)12-16(8,14)15/h3H,1-2H3,(H2,9,10,11,12,13). The number of anilines is 1. The van der Waals surface area contributed by atoms with Crippen LogP contribution in [-0.4, -0.2) is 24.4 Å². The van der Waals surface area contributed by atoms with Crippen LogP contribution in [-0.2, 0) is 9.24 Å². The van der Waals surface area contributed by atoms with Gasteiger partial charge in [0.05, 0.1) is 0 Å². The van der Waals surface area contributed by atoms with E-state index in [2.05, 4.69) is 15.3 Å². The Bertz CT molecular complexity index is 496. The smallest absolute Gasteiger partial charge is 0.275 e. The van der Waals surface area contributed by atoms with Crippen molar-refractivity contribution in [3.05, 3.63) is 17.5 Å². The highest BCUT2D eigenvalue weighted by Crippen LogP contribution is 2.03. The fraction of sp³-hybridized carbons (Fsp3) is 0.286. The molecule has 0 aliphatic heterocycles. The number of carbonyl (C=O) groups excluding carboxylic acids is 1. The molecule has 0 fully saturated rings. The van der Waals surface area contributed by atoms with E-state index >= 15 is 0 Å². The average Bonchev–Trinajstić information content (AvgIpc) is 1.96. The van der Waals surface area contributed by atoms with Gasteiger partial charge in [-0.3, -0.25) is 5.32 Å².